The summed E-state index contributed by atoms with van der Waals surface area (Å²) < 4.78 is 0. The number of benzene rings is 2. The molecule has 0 aliphatic carbocycles. The van der Waals surface area contributed by atoms with Crippen molar-refractivity contribution >= 4 is 40.3 Å². The Kier molecular flexibility index (Phi) is 7.03. The second kappa shape index (κ2) is 9.25. The Balaban J connectivity index is 2.08. The van der Waals surface area contributed by atoms with Crippen LogP contribution in [-0.2, 0) is 16.0 Å². The maximum Gasteiger partial charge on any atom is 0.252 e. The molecule has 0 aromatic heterocycles. The summed E-state index contributed by atoms with van der Waals surface area (Å²) in [5.41, 5.74) is 6.28. The summed E-state index contributed by atoms with van der Waals surface area (Å²) in [6, 6.07) is 14.1. The Morgan fingerprint density at radius 1 is 1.08 bits per heavy atom. The molecule has 0 heterocycles. The zero-order valence-corrected chi connectivity index (χ0v) is 14.9. The molecular weight excluding hydrogens is 360 g/mol. The van der Waals surface area contributed by atoms with Crippen LogP contribution in [0.3, 0.4) is 0 Å². The summed E-state index contributed by atoms with van der Waals surface area (Å²) in [7, 11) is 0. The highest BCUT2D eigenvalue weighted by atomic mass is 35.5. The molecule has 130 valence electrons. The van der Waals surface area contributed by atoms with Gasteiger partial charge in [0.25, 0.3) is 5.91 Å². The van der Waals surface area contributed by atoms with E-state index >= 15 is 0 Å². The second-order valence-electron chi connectivity index (χ2n) is 5.25. The molecule has 0 bridgehead atoms. The van der Waals surface area contributed by atoms with Crippen molar-refractivity contribution < 1.29 is 14.4 Å². The lowest BCUT2D eigenvalue weighted by atomic mass is 10.2. The summed E-state index contributed by atoms with van der Waals surface area (Å²) in [4.78, 5) is 35.8. The van der Waals surface area contributed by atoms with Crippen LogP contribution in [0.15, 0.2) is 53.4 Å². The normalized spacial score (nSPS) is 10.3. The van der Waals surface area contributed by atoms with E-state index in [1.807, 2.05) is 30.3 Å². The van der Waals surface area contributed by atoms with E-state index in [1.54, 1.807) is 18.2 Å². The fraction of sp³-hybridized carbons (Fsp3) is 0.167. The van der Waals surface area contributed by atoms with Gasteiger partial charge in [0.15, 0.2) is 5.12 Å². The van der Waals surface area contributed by atoms with Gasteiger partial charge < -0.3 is 11.1 Å². The topological polar surface area (TPSA) is 89.3 Å². The minimum absolute atomic E-state index is 0.0503. The number of thioether (sulfide) groups is 1. The highest BCUT2D eigenvalue weighted by Gasteiger charge is 2.16. The van der Waals surface area contributed by atoms with Gasteiger partial charge in [0.1, 0.15) is 0 Å². The van der Waals surface area contributed by atoms with Crippen molar-refractivity contribution in [2.75, 3.05) is 6.54 Å². The van der Waals surface area contributed by atoms with Crippen LogP contribution in [0, 0.1) is 0 Å². The molecule has 0 unspecified atom stereocenters. The number of rotatable bonds is 7. The van der Waals surface area contributed by atoms with Gasteiger partial charge in [-0.25, -0.2) is 0 Å². The third-order valence-corrected chi connectivity index (χ3v) is 4.43. The quantitative estimate of drug-likeness (QED) is 0.727. The molecule has 2 rings (SSSR count). The molecule has 25 heavy (non-hydrogen) atoms. The van der Waals surface area contributed by atoms with Gasteiger partial charge in [-0.2, -0.15) is 0 Å². The average molecular weight is 377 g/mol. The first kappa shape index (κ1) is 19.0. The van der Waals surface area contributed by atoms with Crippen molar-refractivity contribution in [1.29, 1.82) is 0 Å². The zero-order chi connectivity index (χ0) is 18.2. The van der Waals surface area contributed by atoms with Crippen LogP contribution in [0.4, 0.5) is 0 Å². The maximum absolute atomic E-state index is 12.3. The van der Waals surface area contributed by atoms with Crippen LogP contribution in [0.2, 0.25) is 5.02 Å². The lowest BCUT2D eigenvalue weighted by molar-refractivity contribution is -0.117. The fourth-order valence-corrected chi connectivity index (χ4v) is 3.26. The summed E-state index contributed by atoms with van der Waals surface area (Å²) >= 11 is 6.97. The van der Waals surface area contributed by atoms with Crippen molar-refractivity contribution in [2.45, 2.75) is 17.7 Å². The molecule has 0 aliphatic heterocycles. The van der Waals surface area contributed by atoms with Crippen molar-refractivity contribution in [1.82, 2.24) is 5.32 Å². The monoisotopic (exact) mass is 376 g/mol. The number of amides is 2. The smallest absolute Gasteiger partial charge is 0.252 e. The first-order valence-electron chi connectivity index (χ1n) is 7.56. The number of carbonyl (C=O) groups excluding carboxylic acids is 3. The van der Waals surface area contributed by atoms with Gasteiger partial charge in [-0.1, -0.05) is 53.7 Å². The van der Waals surface area contributed by atoms with Gasteiger partial charge >= 0.3 is 0 Å². The largest absolute Gasteiger partial charge is 0.370 e. The molecule has 0 atom stereocenters. The molecule has 0 fully saturated rings. The Morgan fingerprint density at radius 2 is 1.80 bits per heavy atom. The van der Waals surface area contributed by atoms with E-state index in [2.05, 4.69) is 5.32 Å². The van der Waals surface area contributed by atoms with Crippen LogP contribution in [-0.4, -0.2) is 23.5 Å². The summed E-state index contributed by atoms with van der Waals surface area (Å²) in [5.74, 6) is -0.878. The van der Waals surface area contributed by atoms with Gasteiger partial charge in [-0.05, 0) is 23.8 Å². The molecule has 0 spiro atoms. The fourth-order valence-electron chi connectivity index (χ4n) is 2.08. The summed E-state index contributed by atoms with van der Waals surface area (Å²) in [5, 5.41) is 2.94. The third-order valence-electron chi connectivity index (χ3n) is 3.26. The molecule has 3 N–H and O–H groups in total. The van der Waals surface area contributed by atoms with Gasteiger partial charge in [0.2, 0.25) is 5.91 Å². The van der Waals surface area contributed by atoms with Crippen molar-refractivity contribution in [3.63, 3.8) is 0 Å². The molecule has 0 saturated carbocycles. The molecule has 2 aromatic rings. The Morgan fingerprint density at radius 3 is 2.48 bits per heavy atom. The number of carbonyl (C=O) groups is 3. The number of nitrogens with one attached hydrogen (secondary N) is 1. The Bertz CT molecular complexity index is 781. The third kappa shape index (κ3) is 6.25. The highest BCUT2D eigenvalue weighted by molar-refractivity contribution is 8.13. The highest BCUT2D eigenvalue weighted by Crippen LogP contribution is 2.28. The molecule has 2 aromatic carbocycles. The SMILES string of the molecule is NC(=O)CCNC(=O)c1ccc(Cl)cc1SC(=O)Cc1ccccc1. The summed E-state index contributed by atoms with van der Waals surface area (Å²) in [6.07, 6.45) is 0.301. The van der Waals surface area contributed by atoms with Crippen molar-refractivity contribution in [2.24, 2.45) is 5.73 Å². The van der Waals surface area contributed by atoms with Crippen molar-refractivity contribution in [3.05, 3.63) is 64.7 Å². The molecule has 0 radical (unpaired) electrons. The summed E-state index contributed by atoms with van der Waals surface area (Å²) in [6.45, 7) is 0.138. The first-order chi connectivity index (χ1) is 12.0. The number of halogens is 1. The van der Waals surface area contributed by atoms with Crippen LogP contribution >= 0.6 is 23.4 Å². The van der Waals surface area contributed by atoms with Crippen LogP contribution in [0.1, 0.15) is 22.3 Å². The van der Waals surface area contributed by atoms with Gasteiger partial charge in [-0.3, -0.25) is 14.4 Å². The zero-order valence-electron chi connectivity index (χ0n) is 13.3. The van der Waals surface area contributed by atoms with E-state index in [0.29, 0.717) is 15.5 Å². The van der Waals surface area contributed by atoms with E-state index in [1.165, 1.54) is 0 Å². The molecule has 0 saturated heterocycles. The lowest BCUT2D eigenvalue weighted by Gasteiger charge is -2.10. The molecule has 7 heteroatoms. The van der Waals surface area contributed by atoms with Crippen molar-refractivity contribution in [3.8, 4) is 0 Å². The Labute approximate surface area is 154 Å². The van der Waals surface area contributed by atoms with Crippen LogP contribution in [0.5, 0.6) is 0 Å². The molecular formula is C18H17ClN2O3S. The minimum atomic E-state index is -0.496. The molecule has 2 amide bonds. The standard InChI is InChI=1S/C18H17ClN2O3S/c19-13-6-7-14(18(24)21-9-8-16(20)22)15(11-13)25-17(23)10-12-4-2-1-3-5-12/h1-7,11H,8-10H2,(H2,20,22)(H,21,24). The van der Waals surface area contributed by atoms with E-state index < -0.39 is 5.91 Å². The number of hydrogen-bond acceptors (Lipinski definition) is 4. The van der Waals surface area contributed by atoms with Gasteiger partial charge in [0.05, 0.1) is 5.56 Å². The van der Waals surface area contributed by atoms with Crippen LogP contribution in [0.25, 0.3) is 0 Å². The average Bonchev–Trinajstić information content (AvgIpc) is 2.55. The van der Waals surface area contributed by atoms with E-state index in [4.69, 9.17) is 17.3 Å². The predicted molar refractivity (Wildman–Crippen MR) is 98.6 cm³/mol. The minimum Gasteiger partial charge on any atom is -0.370 e. The molecule has 0 aliphatic rings. The first-order valence-corrected chi connectivity index (χ1v) is 8.76. The van der Waals surface area contributed by atoms with Gasteiger partial charge in [-0.15, -0.1) is 0 Å². The number of hydrogen-bond donors (Lipinski definition) is 2. The lowest BCUT2D eigenvalue weighted by Crippen LogP contribution is -2.28. The van der Waals surface area contributed by atoms with E-state index in [0.717, 1.165) is 17.3 Å². The maximum atomic E-state index is 12.3. The van der Waals surface area contributed by atoms with E-state index in [-0.39, 0.29) is 30.4 Å². The predicted octanol–water partition coefficient (Wildman–Crippen LogP) is 2.81. The second-order valence-corrected chi connectivity index (χ2v) is 6.78. The number of nitrogens with two attached hydrogens (primary N) is 1. The van der Waals surface area contributed by atoms with Crippen LogP contribution < -0.4 is 11.1 Å². The number of primary amides is 1. The van der Waals surface area contributed by atoms with E-state index in [9.17, 15) is 14.4 Å². The molecule has 5 nitrogen and oxygen atoms in total. The van der Waals surface area contributed by atoms with Gasteiger partial charge in [0, 0.05) is 29.3 Å². The Hall–Kier alpha value is -2.31.